The summed E-state index contributed by atoms with van der Waals surface area (Å²) in [4.78, 5) is 4.85. The molecule has 5 heteroatoms. The normalized spacial score (nSPS) is 23.4. The molecule has 0 aliphatic carbocycles. The van der Waals surface area contributed by atoms with Gasteiger partial charge >= 0.3 is 0 Å². The second-order valence-corrected chi connectivity index (χ2v) is 8.09. The molecule has 1 aliphatic rings. The van der Waals surface area contributed by atoms with Crippen LogP contribution in [0.3, 0.4) is 0 Å². The minimum absolute atomic E-state index is 0.0764. The maximum atomic E-state index is 6.08. The molecule has 3 atom stereocenters. The van der Waals surface area contributed by atoms with Crippen LogP contribution in [0.5, 0.6) is 0 Å². The molecule has 0 amide bonds. The van der Waals surface area contributed by atoms with Gasteiger partial charge in [0, 0.05) is 25.6 Å². The van der Waals surface area contributed by atoms with Crippen LogP contribution in [0.4, 0.5) is 0 Å². The minimum Gasteiger partial charge on any atom is -0.464 e. The highest BCUT2D eigenvalue weighted by Crippen LogP contribution is 2.34. The number of aliphatic imine (C=N–C) groups is 1. The number of hydrogen-bond acceptors (Lipinski definition) is 3. The Bertz CT molecular complexity index is 560. The summed E-state index contributed by atoms with van der Waals surface area (Å²) in [5.41, 5.74) is 0.144. The maximum absolute atomic E-state index is 6.08. The number of guanidine groups is 1. The van der Waals surface area contributed by atoms with Gasteiger partial charge < -0.3 is 19.8 Å². The van der Waals surface area contributed by atoms with E-state index in [1.165, 1.54) is 6.42 Å². The molecule has 3 unspecified atom stereocenters. The number of furan rings is 1. The predicted octanol–water partition coefficient (Wildman–Crippen LogP) is 4.05. The molecule has 1 aromatic heterocycles. The molecular formula is C20H35N3O2. The second kappa shape index (κ2) is 8.75. The van der Waals surface area contributed by atoms with Gasteiger partial charge in [-0.25, -0.2) is 0 Å². The van der Waals surface area contributed by atoms with Crippen molar-refractivity contribution >= 4 is 5.96 Å². The van der Waals surface area contributed by atoms with Gasteiger partial charge in [-0.05, 0) is 51.2 Å². The average molecular weight is 350 g/mol. The van der Waals surface area contributed by atoms with Gasteiger partial charge in [0.25, 0.3) is 0 Å². The molecule has 0 aromatic carbocycles. The molecule has 0 bridgehead atoms. The van der Waals surface area contributed by atoms with Crippen molar-refractivity contribution in [3.8, 4) is 0 Å². The first-order valence-electron chi connectivity index (χ1n) is 9.54. The summed E-state index contributed by atoms with van der Waals surface area (Å²) in [6, 6.07) is 4.08. The van der Waals surface area contributed by atoms with Crippen molar-refractivity contribution in [2.45, 2.75) is 66.5 Å². The largest absolute Gasteiger partial charge is 0.464 e. The zero-order valence-corrected chi connectivity index (χ0v) is 16.7. The Labute approximate surface area is 152 Å². The van der Waals surface area contributed by atoms with Crippen molar-refractivity contribution in [2.24, 2.45) is 16.3 Å². The van der Waals surface area contributed by atoms with Gasteiger partial charge in [-0.2, -0.15) is 0 Å². The van der Waals surface area contributed by atoms with Gasteiger partial charge in [-0.1, -0.05) is 20.8 Å². The lowest BCUT2D eigenvalue weighted by Crippen LogP contribution is -2.43. The summed E-state index contributed by atoms with van der Waals surface area (Å²) < 4.78 is 11.8. The van der Waals surface area contributed by atoms with Crippen molar-refractivity contribution in [2.75, 3.05) is 19.7 Å². The molecule has 2 N–H and O–H groups in total. The first-order chi connectivity index (χ1) is 11.8. The van der Waals surface area contributed by atoms with E-state index >= 15 is 0 Å². The van der Waals surface area contributed by atoms with Gasteiger partial charge in [0.1, 0.15) is 11.5 Å². The Morgan fingerprint density at radius 1 is 1.36 bits per heavy atom. The van der Waals surface area contributed by atoms with Gasteiger partial charge in [-0.15, -0.1) is 0 Å². The molecule has 2 rings (SSSR count). The predicted molar refractivity (Wildman–Crippen MR) is 103 cm³/mol. The zero-order valence-electron chi connectivity index (χ0n) is 16.7. The van der Waals surface area contributed by atoms with E-state index < -0.39 is 0 Å². The second-order valence-electron chi connectivity index (χ2n) is 8.09. The lowest BCUT2D eigenvalue weighted by atomic mass is 9.78. The van der Waals surface area contributed by atoms with Crippen LogP contribution in [0.15, 0.2) is 21.5 Å². The minimum atomic E-state index is 0.0764. The molecule has 142 valence electrons. The average Bonchev–Trinajstić information content (AvgIpc) is 2.99. The van der Waals surface area contributed by atoms with Crippen molar-refractivity contribution in [3.05, 3.63) is 23.7 Å². The van der Waals surface area contributed by atoms with Crippen LogP contribution < -0.4 is 10.6 Å². The first-order valence-corrected chi connectivity index (χ1v) is 9.54. The third kappa shape index (κ3) is 5.77. The number of nitrogens with zero attached hydrogens (tertiary/aromatic N) is 1. The fraction of sp³-hybridized carbons (Fsp3) is 0.750. The van der Waals surface area contributed by atoms with Crippen molar-refractivity contribution in [1.82, 2.24) is 10.6 Å². The lowest BCUT2D eigenvalue weighted by molar-refractivity contribution is -0.0823. The zero-order chi connectivity index (χ0) is 18.4. The highest BCUT2D eigenvalue weighted by molar-refractivity contribution is 5.80. The maximum Gasteiger partial charge on any atom is 0.191 e. The monoisotopic (exact) mass is 349 g/mol. The van der Waals surface area contributed by atoms with Gasteiger partial charge in [0.05, 0.1) is 12.1 Å². The van der Waals surface area contributed by atoms with Crippen molar-refractivity contribution in [3.63, 3.8) is 0 Å². The molecule has 0 saturated carbocycles. The molecule has 1 aliphatic heterocycles. The molecule has 0 radical (unpaired) electrons. The fourth-order valence-electron chi connectivity index (χ4n) is 3.48. The number of aryl methyl sites for hydroxylation is 1. The summed E-state index contributed by atoms with van der Waals surface area (Å²) in [6.07, 6.45) is 2.56. The molecule has 0 spiro atoms. The third-order valence-corrected chi connectivity index (χ3v) is 4.67. The van der Waals surface area contributed by atoms with E-state index in [4.69, 9.17) is 14.1 Å². The van der Waals surface area contributed by atoms with E-state index in [2.05, 4.69) is 45.3 Å². The molecule has 1 aromatic rings. The number of nitrogens with one attached hydrogen (secondary N) is 2. The Balaban J connectivity index is 2.02. The van der Waals surface area contributed by atoms with Gasteiger partial charge in [-0.3, -0.25) is 4.99 Å². The quantitative estimate of drug-likeness (QED) is 0.622. The standard InChI is InChI=1S/C20H35N3O2/c1-7-21-19(23-15(3)17-11-10-14(2)25-17)22-13-16-9-8-12-24-18(16)20(4,5)6/h10-11,15-16,18H,7-9,12-13H2,1-6H3,(H2,21,22,23). The molecule has 1 fully saturated rings. The van der Waals surface area contributed by atoms with Crippen LogP contribution in [0.2, 0.25) is 0 Å². The lowest BCUT2D eigenvalue weighted by Gasteiger charge is -2.39. The van der Waals surface area contributed by atoms with Crippen LogP contribution in [0.1, 0.15) is 65.0 Å². The van der Waals surface area contributed by atoms with Crippen LogP contribution in [0.25, 0.3) is 0 Å². The topological polar surface area (TPSA) is 58.8 Å². The number of ether oxygens (including phenoxy) is 1. The fourth-order valence-corrected chi connectivity index (χ4v) is 3.48. The summed E-state index contributed by atoms with van der Waals surface area (Å²) in [5, 5.41) is 6.78. The summed E-state index contributed by atoms with van der Waals surface area (Å²) in [5.74, 6) is 3.15. The van der Waals surface area contributed by atoms with Gasteiger partial charge in [0.2, 0.25) is 0 Å². The van der Waals surface area contributed by atoms with Crippen LogP contribution in [-0.4, -0.2) is 31.8 Å². The highest BCUT2D eigenvalue weighted by Gasteiger charge is 2.35. The molecule has 2 heterocycles. The van der Waals surface area contributed by atoms with Crippen LogP contribution >= 0.6 is 0 Å². The molecular weight excluding hydrogens is 314 g/mol. The van der Waals surface area contributed by atoms with Gasteiger partial charge in [0.15, 0.2) is 5.96 Å². The highest BCUT2D eigenvalue weighted by atomic mass is 16.5. The number of rotatable bonds is 5. The van der Waals surface area contributed by atoms with Crippen molar-refractivity contribution < 1.29 is 9.15 Å². The SMILES string of the molecule is CCNC(=NCC1CCCOC1C(C)(C)C)NC(C)c1ccc(C)o1. The van der Waals surface area contributed by atoms with E-state index in [9.17, 15) is 0 Å². The Morgan fingerprint density at radius 2 is 2.12 bits per heavy atom. The van der Waals surface area contributed by atoms with E-state index in [0.29, 0.717) is 5.92 Å². The molecule has 1 saturated heterocycles. The van der Waals surface area contributed by atoms with E-state index in [-0.39, 0.29) is 17.6 Å². The van der Waals surface area contributed by atoms with E-state index in [1.54, 1.807) is 0 Å². The summed E-state index contributed by atoms with van der Waals surface area (Å²) >= 11 is 0. The van der Waals surface area contributed by atoms with Crippen LogP contribution in [-0.2, 0) is 4.74 Å². The molecule has 25 heavy (non-hydrogen) atoms. The summed E-state index contributed by atoms with van der Waals surface area (Å²) in [7, 11) is 0. The van der Waals surface area contributed by atoms with Crippen LogP contribution in [0, 0.1) is 18.3 Å². The smallest absolute Gasteiger partial charge is 0.191 e. The van der Waals surface area contributed by atoms with E-state index in [1.807, 2.05) is 19.1 Å². The van der Waals surface area contributed by atoms with Crippen molar-refractivity contribution in [1.29, 1.82) is 0 Å². The first kappa shape index (κ1) is 19.8. The Kier molecular flexibility index (Phi) is 6.94. The summed E-state index contributed by atoms with van der Waals surface area (Å²) in [6.45, 7) is 15.4. The Morgan fingerprint density at radius 3 is 2.72 bits per heavy atom. The number of hydrogen-bond donors (Lipinski definition) is 2. The molecule has 5 nitrogen and oxygen atoms in total. The third-order valence-electron chi connectivity index (χ3n) is 4.67. The Hall–Kier alpha value is -1.49. The van der Waals surface area contributed by atoms with E-state index in [0.717, 1.165) is 43.6 Å².